The van der Waals surface area contributed by atoms with Gasteiger partial charge in [-0.25, -0.2) is 9.97 Å². The van der Waals surface area contributed by atoms with Crippen LogP contribution in [0.25, 0.3) is 0 Å². The molecule has 1 aromatic heterocycles. The van der Waals surface area contributed by atoms with E-state index >= 15 is 0 Å². The zero-order valence-electron chi connectivity index (χ0n) is 12.6. The van der Waals surface area contributed by atoms with E-state index in [9.17, 15) is 0 Å². The van der Waals surface area contributed by atoms with Crippen molar-refractivity contribution in [2.75, 3.05) is 31.5 Å². The Bertz CT molecular complexity index is 389. The molecule has 0 atom stereocenters. The topological polar surface area (TPSA) is 50.3 Å². The second kappa shape index (κ2) is 8.04. The summed E-state index contributed by atoms with van der Waals surface area (Å²) in [7, 11) is 0. The molecule has 0 amide bonds. The van der Waals surface area contributed by atoms with E-state index in [2.05, 4.69) is 20.2 Å². The maximum atomic E-state index is 5.57. The SMILES string of the molecule is CC(C)Oc1cc(NCCN2CCCCCC2)ncn1. The molecule has 1 aromatic rings. The minimum atomic E-state index is 0.134. The first kappa shape index (κ1) is 15.0. The third-order valence-electron chi connectivity index (χ3n) is 3.43. The fourth-order valence-electron chi connectivity index (χ4n) is 2.44. The van der Waals surface area contributed by atoms with Crippen LogP contribution in [0.2, 0.25) is 0 Å². The first-order valence-electron chi connectivity index (χ1n) is 7.69. The third-order valence-corrected chi connectivity index (χ3v) is 3.43. The van der Waals surface area contributed by atoms with Crippen LogP contribution in [-0.2, 0) is 0 Å². The molecule has 1 aliphatic rings. The van der Waals surface area contributed by atoms with E-state index in [1.807, 2.05) is 19.9 Å². The average Bonchev–Trinajstić information content (AvgIpc) is 2.67. The van der Waals surface area contributed by atoms with Crippen molar-refractivity contribution in [3.8, 4) is 5.88 Å². The number of hydrogen-bond donors (Lipinski definition) is 1. The molecule has 0 unspecified atom stereocenters. The minimum absolute atomic E-state index is 0.134. The Morgan fingerprint density at radius 2 is 1.95 bits per heavy atom. The first-order chi connectivity index (χ1) is 9.74. The fraction of sp³-hybridized carbons (Fsp3) is 0.733. The summed E-state index contributed by atoms with van der Waals surface area (Å²) in [6, 6.07) is 1.86. The molecule has 1 N–H and O–H groups in total. The Hall–Kier alpha value is -1.36. The van der Waals surface area contributed by atoms with Crippen molar-refractivity contribution in [3.63, 3.8) is 0 Å². The average molecular weight is 278 g/mol. The van der Waals surface area contributed by atoms with Crippen LogP contribution < -0.4 is 10.1 Å². The Balaban J connectivity index is 1.75. The first-order valence-corrected chi connectivity index (χ1v) is 7.69. The molecule has 0 bridgehead atoms. The van der Waals surface area contributed by atoms with E-state index in [0.29, 0.717) is 5.88 Å². The molecule has 0 saturated carbocycles. The monoisotopic (exact) mass is 278 g/mol. The van der Waals surface area contributed by atoms with E-state index in [1.165, 1.54) is 38.8 Å². The number of aromatic nitrogens is 2. The summed E-state index contributed by atoms with van der Waals surface area (Å²) >= 11 is 0. The molecule has 0 radical (unpaired) electrons. The molecule has 0 spiro atoms. The number of likely N-dealkylation sites (tertiary alicyclic amines) is 1. The van der Waals surface area contributed by atoms with Gasteiger partial charge in [-0.2, -0.15) is 0 Å². The lowest BCUT2D eigenvalue weighted by atomic mass is 10.2. The standard InChI is InChI=1S/C15H26N4O/c1-13(2)20-15-11-14(17-12-18-15)16-7-10-19-8-5-3-4-6-9-19/h11-13H,3-10H2,1-2H3,(H,16,17,18). The van der Waals surface area contributed by atoms with Crippen molar-refractivity contribution < 1.29 is 4.74 Å². The molecule has 1 fully saturated rings. The molecular formula is C15H26N4O. The predicted octanol–water partition coefficient (Wildman–Crippen LogP) is 2.55. The van der Waals surface area contributed by atoms with Crippen LogP contribution in [0, 0.1) is 0 Å². The second-order valence-corrected chi connectivity index (χ2v) is 5.59. The van der Waals surface area contributed by atoms with Gasteiger partial charge in [-0.1, -0.05) is 12.8 Å². The summed E-state index contributed by atoms with van der Waals surface area (Å²) in [4.78, 5) is 10.9. The zero-order valence-corrected chi connectivity index (χ0v) is 12.6. The Kier molecular flexibility index (Phi) is 6.05. The summed E-state index contributed by atoms with van der Waals surface area (Å²) in [5.74, 6) is 1.47. The van der Waals surface area contributed by atoms with Crippen molar-refractivity contribution in [1.82, 2.24) is 14.9 Å². The smallest absolute Gasteiger partial charge is 0.218 e. The van der Waals surface area contributed by atoms with E-state index in [1.54, 1.807) is 6.33 Å². The highest BCUT2D eigenvalue weighted by atomic mass is 16.5. The normalized spacial score (nSPS) is 16.9. The summed E-state index contributed by atoms with van der Waals surface area (Å²) < 4.78 is 5.57. The zero-order chi connectivity index (χ0) is 14.2. The highest BCUT2D eigenvalue weighted by Crippen LogP contribution is 2.13. The van der Waals surface area contributed by atoms with Crippen molar-refractivity contribution in [1.29, 1.82) is 0 Å². The molecule has 0 aromatic carbocycles. The minimum Gasteiger partial charge on any atom is -0.475 e. The van der Waals surface area contributed by atoms with Crippen molar-refractivity contribution >= 4 is 5.82 Å². The maximum Gasteiger partial charge on any atom is 0.218 e. The molecule has 5 heteroatoms. The highest BCUT2D eigenvalue weighted by molar-refractivity contribution is 5.36. The van der Waals surface area contributed by atoms with Crippen LogP contribution in [0.4, 0.5) is 5.82 Å². The van der Waals surface area contributed by atoms with Gasteiger partial charge in [0.05, 0.1) is 6.10 Å². The van der Waals surface area contributed by atoms with Gasteiger partial charge in [-0.05, 0) is 39.8 Å². The van der Waals surface area contributed by atoms with Gasteiger partial charge >= 0.3 is 0 Å². The van der Waals surface area contributed by atoms with E-state index in [4.69, 9.17) is 4.74 Å². The lowest BCUT2D eigenvalue weighted by Crippen LogP contribution is -2.30. The molecule has 0 aliphatic carbocycles. The summed E-state index contributed by atoms with van der Waals surface area (Å²) in [6.07, 6.45) is 7.11. The molecular weight excluding hydrogens is 252 g/mol. The Morgan fingerprint density at radius 1 is 1.20 bits per heavy atom. The van der Waals surface area contributed by atoms with Gasteiger partial charge in [-0.15, -0.1) is 0 Å². The summed E-state index contributed by atoms with van der Waals surface area (Å²) in [5, 5.41) is 3.35. The quantitative estimate of drug-likeness (QED) is 0.866. The summed E-state index contributed by atoms with van der Waals surface area (Å²) in [5.41, 5.74) is 0. The van der Waals surface area contributed by atoms with Gasteiger partial charge in [0.2, 0.25) is 5.88 Å². The van der Waals surface area contributed by atoms with Crippen molar-refractivity contribution in [2.24, 2.45) is 0 Å². The van der Waals surface area contributed by atoms with E-state index in [0.717, 1.165) is 18.9 Å². The number of ether oxygens (including phenoxy) is 1. The van der Waals surface area contributed by atoms with E-state index < -0.39 is 0 Å². The molecule has 5 nitrogen and oxygen atoms in total. The number of anilines is 1. The number of nitrogens with zero attached hydrogens (tertiary/aromatic N) is 3. The highest BCUT2D eigenvalue weighted by Gasteiger charge is 2.08. The van der Waals surface area contributed by atoms with Crippen LogP contribution in [0.3, 0.4) is 0 Å². The van der Waals surface area contributed by atoms with E-state index in [-0.39, 0.29) is 6.10 Å². The van der Waals surface area contributed by atoms with Gasteiger partial charge in [0.1, 0.15) is 12.1 Å². The molecule has 112 valence electrons. The predicted molar refractivity (Wildman–Crippen MR) is 81.2 cm³/mol. The molecule has 1 saturated heterocycles. The van der Waals surface area contributed by atoms with Gasteiger partial charge in [0.15, 0.2) is 0 Å². The molecule has 2 heterocycles. The van der Waals surface area contributed by atoms with Gasteiger partial charge in [0, 0.05) is 19.2 Å². The van der Waals surface area contributed by atoms with Crippen LogP contribution in [0.1, 0.15) is 39.5 Å². The van der Waals surface area contributed by atoms with Gasteiger partial charge in [-0.3, -0.25) is 0 Å². The Morgan fingerprint density at radius 3 is 2.65 bits per heavy atom. The van der Waals surface area contributed by atoms with Gasteiger partial charge < -0.3 is 15.0 Å². The number of rotatable bonds is 6. The van der Waals surface area contributed by atoms with Gasteiger partial charge in [0.25, 0.3) is 0 Å². The molecule has 1 aliphatic heterocycles. The van der Waals surface area contributed by atoms with Crippen molar-refractivity contribution in [3.05, 3.63) is 12.4 Å². The third kappa shape index (κ3) is 5.33. The summed E-state index contributed by atoms with van der Waals surface area (Å²) in [6.45, 7) is 8.44. The van der Waals surface area contributed by atoms with Crippen LogP contribution in [0.15, 0.2) is 12.4 Å². The number of hydrogen-bond acceptors (Lipinski definition) is 5. The lowest BCUT2D eigenvalue weighted by Gasteiger charge is -2.19. The maximum absolute atomic E-state index is 5.57. The second-order valence-electron chi connectivity index (χ2n) is 5.59. The Labute approximate surface area is 121 Å². The lowest BCUT2D eigenvalue weighted by molar-refractivity contribution is 0.232. The molecule has 2 rings (SSSR count). The number of nitrogens with one attached hydrogen (secondary N) is 1. The molecule has 20 heavy (non-hydrogen) atoms. The largest absolute Gasteiger partial charge is 0.475 e. The van der Waals surface area contributed by atoms with Crippen LogP contribution in [0.5, 0.6) is 5.88 Å². The fourth-order valence-corrected chi connectivity index (χ4v) is 2.44. The van der Waals surface area contributed by atoms with Crippen LogP contribution in [-0.4, -0.2) is 47.2 Å². The van der Waals surface area contributed by atoms with Crippen molar-refractivity contribution in [2.45, 2.75) is 45.6 Å². The van der Waals surface area contributed by atoms with Crippen LogP contribution >= 0.6 is 0 Å².